The molecule has 0 aliphatic carbocycles. The van der Waals surface area contributed by atoms with Gasteiger partial charge >= 0.3 is 0 Å². The topological polar surface area (TPSA) is 116 Å². The number of ether oxygens (including phenoxy) is 2. The number of aliphatic hydroxyl groups excluding tert-OH is 3. The summed E-state index contributed by atoms with van der Waals surface area (Å²) < 4.78 is 24.9. The van der Waals surface area contributed by atoms with E-state index in [1.54, 1.807) is 6.92 Å². The standard InChI is InChI=1S/C24H29FO7/c1-3-14-4-6-15(7-5-14)8-9-16(27)20-17(28)10-13(2)11-18(20)31-24-23(30)22(29)21(25)19(12-26)32-24/h4-7,10-11,19,21-24,26,28-30H,3,8-9,12H2,1-2H3. The van der Waals surface area contributed by atoms with Crippen LogP contribution in [0.25, 0.3) is 0 Å². The summed E-state index contributed by atoms with van der Waals surface area (Å²) in [7, 11) is 0. The van der Waals surface area contributed by atoms with Crippen LogP contribution >= 0.6 is 0 Å². The van der Waals surface area contributed by atoms with Gasteiger partial charge in [0.1, 0.15) is 35.4 Å². The van der Waals surface area contributed by atoms with Gasteiger partial charge in [-0.15, -0.1) is 0 Å². The molecule has 0 spiro atoms. The van der Waals surface area contributed by atoms with Crippen LogP contribution in [0.1, 0.15) is 40.4 Å². The van der Waals surface area contributed by atoms with Crippen LogP contribution in [0.3, 0.4) is 0 Å². The minimum absolute atomic E-state index is 0.0564. The molecule has 0 radical (unpaired) electrons. The van der Waals surface area contributed by atoms with Crippen LogP contribution in [0, 0.1) is 6.92 Å². The summed E-state index contributed by atoms with van der Waals surface area (Å²) in [5, 5.41) is 39.8. The average molecular weight is 448 g/mol. The second-order valence-electron chi connectivity index (χ2n) is 8.02. The number of Topliss-reactive ketones (excluding diaryl/α,β-unsaturated/α-hetero) is 1. The Balaban J connectivity index is 1.80. The summed E-state index contributed by atoms with van der Waals surface area (Å²) in [6, 6.07) is 10.8. The molecule has 1 aliphatic heterocycles. The molecule has 174 valence electrons. The summed E-state index contributed by atoms with van der Waals surface area (Å²) in [6.45, 7) is 3.01. The van der Waals surface area contributed by atoms with Gasteiger partial charge in [0.15, 0.2) is 12.0 Å². The number of ketones is 1. The molecular formula is C24H29FO7. The van der Waals surface area contributed by atoms with Crippen molar-refractivity contribution in [2.24, 2.45) is 0 Å². The van der Waals surface area contributed by atoms with Crippen molar-refractivity contribution < 1.29 is 39.1 Å². The first-order chi connectivity index (χ1) is 15.2. The quantitative estimate of drug-likeness (QED) is 0.458. The minimum atomic E-state index is -2.00. The molecule has 4 N–H and O–H groups in total. The van der Waals surface area contributed by atoms with E-state index in [1.165, 1.54) is 17.7 Å². The summed E-state index contributed by atoms with van der Waals surface area (Å²) in [4.78, 5) is 13.0. The molecule has 3 rings (SSSR count). The zero-order chi connectivity index (χ0) is 23.4. The molecule has 0 bridgehead atoms. The monoisotopic (exact) mass is 448 g/mol. The van der Waals surface area contributed by atoms with Crippen molar-refractivity contribution in [1.82, 2.24) is 0 Å². The van der Waals surface area contributed by atoms with Crippen LogP contribution in [-0.2, 0) is 17.6 Å². The molecule has 5 unspecified atom stereocenters. The van der Waals surface area contributed by atoms with Crippen LogP contribution < -0.4 is 4.74 Å². The Bertz CT molecular complexity index is 929. The van der Waals surface area contributed by atoms with E-state index in [4.69, 9.17) is 9.47 Å². The molecule has 0 aromatic heterocycles. The van der Waals surface area contributed by atoms with Crippen LogP contribution in [0.4, 0.5) is 4.39 Å². The zero-order valence-corrected chi connectivity index (χ0v) is 18.1. The van der Waals surface area contributed by atoms with Crippen molar-refractivity contribution in [2.75, 3.05) is 6.61 Å². The first-order valence-electron chi connectivity index (χ1n) is 10.6. The third-order valence-electron chi connectivity index (χ3n) is 5.62. The number of rotatable bonds is 8. The SMILES string of the molecule is CCc1ccc(CCC(=O)c2c(O)cc(C)cc2OC2OC(CO)C(F)C(O)C2O)cc1. The fraction of sp³-hybridized carbons (Fsp3) is 0.458. The lowest BCUT2D eigenvalue weighted by molar-refractivity contribution is -0.265. The zero-order valence-electron chi connectivity index (χ0n) is 18.1. The molecule has 8 heteroatoms. The van der Waals surface area contributed by atoms with E-state index in [2.05, 4.69) is 6.92 Å². The van der Waals surface area contributed by atoms with Crippen molar-refractivity contribution in [2.45, 2.75) is 63.9 Å². The highest BCUT2D eigenvalue weighted by atomic mass is 19.1. The van der Waals surface area contributed by atoms with Crippen LogP contribution in [0.15, 0.2) is 36.4 Å². The fourth-order valence-corrected chi connectivity index (χ4v) is 3.70. The lowest BCUT2D eigenvalue weighted by atomic mass is 9.98. The van der Waals surface area contributed by atoms with Gasteiger partial charge in [0.05, 0.1) is 6.61 Å². The molecule has 2 aromatic rings. The highest BCUT2D eigenvalue weighted by Crippen LogP contribution is 2.34. The maximum atomic E-state index is 14.0. The molecule has 1 heterocycles. The molecule has 1 aliphatic rings. The number of aromatic hydroxyl groups is 1. The summed E-state index contributed by atoms with van der Waals surface area (Å²) >= 11 is 0. The van der Waals surface area contributed by atoms with Crippen LogP contribution in [0.2, 0.25) is 0 Å². The van der Waals surface area contributed by atoms with Crippen molar-refractivity contribution in [3.05, 3.63) is 58.7 Å². The van der Waals surface area contributed by atoms with Gasteiger partial charge in [-0.05, 0) is 48.6 Å². The molecule has 0 amide bonds. The number of hydrogen-bond acceptors (Lipinski definition) is 7. The number of carbonyl (C=O) groups excluding carboxylic acids is 1. The normalized spacial score (nSPS) is 25.5. The van der Waals surface area contributed by atoms with Gasteiger partial charge in [0, 0.05) is 6.42 Å². The predicted molar refractivity (Wildman–Crippen MR) is 115 cm³/mol. The van der Waals surface area contributed by atoms with Gasteiger partial charge in [-0.1, -0.05) is 31.2 Å². The number of phenols is 1. The number of phenolic OH excluding ortho intramolecular Hbond substituents is 1. The van der Waals surface area contributed by atoms with E-state index < -0.39 is 37.4 Å². The van der Waals surface area contributed by atoms with E-state index in [9.17, 15) is 29.6 Å². The number of halogens is 1. The summed E-state index contributed by atoms with van der Waals surface area (Å²) in [6.07, 6.45) is -7.06. The number of aryl methyl sites for hydroxylation is 3. The average Bonchev–Trinajstić information content (AvgIpc) is 2.77. The van der Waals surface area contributed by atoms with Crippen LogP contribution in [-0.4, -0.2) is 63.6 Å². The summed E-state index contributed by atoms with van der Waals surface area (Å²) in [5.41, 5.74) is 2.65. The van der Waals surface area contributed by atoms with E-state index >= 15 is 0 Å². The Morgan fingerprint density at radius 1 is 1.12 bits per heavy atom. The first kappa shape index (κ1) is 24.1. The number of aliphatic hydroxyl groups is 3. The Morgan fingerprint density at radius 3 is 2.41 bits per heavy atom. The molecule has 2 aromatic carbocycles. The Labute approximate surface area is 186 Å². The molecule has 1 saturated heterocycles. The van der Waals surface area contributed by atoms with Crippen molar-refractivity contribution in [3.63, 3.8) is 0 Å². The highest BCUT2D eigenvalue weighted by Gasteiger charge is 2.46. The van der Waals surface area contributed by atoms with Gasteiger partial charge in [-0.2, -0.15) is 0 Å². The Kier molecular flexibility index (Phi) is 7.84. The first-order valence-corrected chi connectivity index (χ1v) is 10.6. The molecule has 5 atom stereocenters. The fourth-order valence-electron chi connectivity index (χ4n) is 3.70. The third kappa shape index (κ3) is 5.27. The minimum Gasteiger partial charge on any atom is -0.507 e. The lowest BCUT2D eigenvalue weighted by Gasteiger charge is -2.38. The summed E-state index contributed by atoms with van der Waals surface area (Å²) in [5.74, 6) is -0.733. The second-order valence-corrected chi connectivity index (χ2v) is 8.02. The highest BCUT2D eigenvalue weighted by molar-refractivity contribution is 6.01. The largest absolute Gasteiger partial charge is 0.507 e. The Hall–Kier alpha value is -2.52. The lowest BCUT2D eigenvalue weighted by Crippen LogP contribution is -2.58. The van der Waals surface area contributed by atoms with Crippen molar-refractivity contribution in [1.29, 1.82) is 0 Å². The number of carbonyl (C=O) groups is 1. The van der Waals surface area contributed by atoms with Gasteiger partial charge in [0.25, 0.3) is 0 Å². The second kappa shape index (κ2) is 10.4. The number of hydrogen-bond donors (Lipinski definition) is 4. The molecule has 1 fully saturated rings. The van der Waals surface area contributed by atoms with Gasteiger partial charge in [-0.25, -0.2) is 4.39 Å². The van der Waals surface area contributed by atoms with Gasteiger partial charge in [0.2, 0.25) is 6.29 Å². The maximum absolute atomic E-state index is 14.0. The van der Waals surface area contributed by atoms with E-state index in [0.717, 1.165) is 12.0 Å². The Morgan fingerprint density at radius 2 is 1.78 bits per heavy atom. The van der Waals surface area contributed by atoms with Gasteiger partial charge in [-0.3, -0.25) is 4.79 Å². The maximum Gasteiger partial charge on any atom is 0.229 e. The van der Waals surface area contributed by atoms with E-state index in [-0.39, 0.29) is 29.3 Å². The molecule has 0 saturated carbocycles. The molecular weight excluding hydrogens is 419 g/mol. The van der Waals surface area contributed by atoms with Crippen molar-refractivity contribution >= 4 is 5.78 Å². The third-order valence-corrected chi connectivity index (χ3v) is 5.62. The van der Waals surface area contributed by atoms with Crippen molar-refractivity contribution in [3.8, 4) is 11.5 Å². The number of alkyl halides is 1. The smallest absolute Gasteiger partial charge is 0.229 e. The van der Waals surface area contributed by atoms with Gasteiger partial charge < -0.3 is 29.9 Å². The van der Waals surface area contributed by atoms with E-state index in [0.29, 0.717) is 12.0 Å². The predicted octanol–water partition coefficient (Wildman–Crippen LogP) is 2.23. The molecule has 7 nitrogen and oxygen atoms in total. The van der Waals surface area contributed by atoms with E-state index in [1.807, 2.05) is 24.3 Å². The van der Waals surface area contributed by atoms with Crippen LogP contribution in [0.5, 0.6) is 11.5 Å². The number of benzene rings is 2. The molecule has 32 heavy (non-hydrogen) atoms.